The van der Waals surface area contributed by atoms with Crippen molar-refractivity contribution in [2.75, 3.05) is 11.4 Å². The molecule has 3 aromatic rings. The SMILES string of the molecule is Cc1c[nH]c(=O)n1-c1ccc(C(=O)N2CCc3cc(Br)ccc32)cc1. The van der Waals surface area contributed by atoms with Gasteiger partial charge in [0, 0.05) is 34.2 Å². The summed E-state index contributed by atoms with van der Waals surface area (Å²) in [5.74, 6) is -0.0224. The van der Waals surface area contributed by atoms with Crippen LogP contribution < -0.4 is 10.6 Å². The maximum Gasteiger partial charge on any atom is 0.330 e. The second kappa shape index (κ2) is 6.04. The lowest BCUT2D eigenvalue weighted by Crippen LogP contribution is -2.28. The number of aromatic amines is 1. The van der Waals surface area contributed by atoms with E-state index in [-0.39, 0.29) is 11.6 Å². The number of imidazole rings is 1. The number of carbonyl (C=O) groups is 1. The Morgan fingerprint density at radius 3 is 2.60 bits per heavy atom. The topological polar surface area (TPSA) is 58.1 Å². The molecule has 2 aromatic carbocycles. The van der Waals surface area contributed by atoms with E-state index in [0.717, 1.165) is 28.0 Å². The Labute approximate surface area is 153 Å². The molecule has 1 aliphatic heterocycles. The summed E-state index contributed by atoms with van der Waals surface area (Å²) in [7, 11) is 0. The van der Waals surface area contributed by atoms with Crippen LogP contribution >= 0.6 is 15.9 Å². The van der Waals surface area contributed by atoms with Crippen molar-refractivity contribution < 1.29 is 4.79 Å². The lowest BCUT2D eigenvalue weighted by Gasteiger charge is -2.17. The molecule has 126 valence electrons. The molecule has 0 atom stereocenters. The summed E-state index contributed by atoms with van der Waals surface area (Å²) in [4.78, 5) is 29.2. The third-order valence-electron chi connectivity index (χ3n) is 4.52. The van der Waals surface area contributed by atoms with Gasteiger partial charge in [-0.05, 0) is 61.4 Å². The molecule has 6 heteroatoms. The van der Waals surface area contributed by atoms with Crippen LogP contribution in [0.25, 0.3) is 5.69 Å². The molecule has 1 aromatic heterocycles. The summed E-state index contributed by atoms with van der Waals surface area (Å²) < 4.78 is 2.61. The van der Waals surface area contributed by atoms with E-state index in [1.54, 1.807) is 35.0 Å². The smallest absolute Gasteiger partial charge is 0.312 e. The van der Waals surface area contributed by atoms with Gasteiger partial charge in [-0.15, -0.1) is 0 Å². The molecule has 0 saturated heterocycles. The van der Waals surface area contributed by atoms with Crippen LogP contribution in [0.1, 0.15) is 21.6 Å². The predicted molar refractivity (Wildman–Crippen MR) is 101 cm³/mol. The highest BCUT2D eigenvalue weighted by Crippen LogP contribution is 2.31. The minimum Gasteiger partial charge on any atom is -0.312 e. The number of rotatable bonds is 2. The minimum absolute atomic E-state index is 0.0224. The Bertz CT molecular complexity index is 1020. The number of hydrogen-bond acceptors (Lipinski definition) is 2. The number of carbonyl (C=O) groups excluding carboxylic acids is 1. The number of anilines is 1. The molecule has 1 N–H and O–H groups in total. The first-order valence-electron chi connectivity index (χ1n) is 8.02. The molecule has 5 nitrogen and oxygen atoms in total. The molecule has 1 aliphatic rings. The zero-order chi connectivity index (χ0) is 17.6. The lowest BCUT2D eigenvalue weighted by molar-refractivity contribution is 0.0989. The van der Waals surface area contributed by atoms with Gasteiger partial charge in [-0.1, -0.05) is 15.9 Å². The summed E-state index contributed by atoms with van der Waals surface area (Å²) in [5.41, 5.74) is 4.13. The van der Waals surface area contributed by atoms with E-state index in [0.29, 0.717) is 12.1 Å². The molecule has 0 unspecified atom stereocenters. The highest BCUT2D eigenvalue weighted by Gasteiger charge is 2.25. The molecular formula is C19H16BrN3O2. The predicted octanol–water partition coefficient (Wildman–Crippen LogP) is 3.44. The fourth-order valence-corrected chi connectivity index (χ4v) is 3.68. The molecule has 2 heterocycles. The van der Waals surface area contributed by atoms with E-state index in [1.807, 2.05) is 24.0 Å². The fourth-order valence-electron chi connectivity index (χ4n) is 3.27. The standard InChI is InChI=1S/C19H16BrN3O2/c1-12-11-21-19(25)23(12)16-5-2-13(3-6-16)18(24)22-9-8-14-10-15(20)4-7-17(14)22/h2-7,10-11H,8-9H2,1H3,(H,21,25). The highest BCUT2D eigenvalue weighted by atomic mass is 79.9. The van der Waals surface area contributed by atoms with Gasteiger partial charge < -0.3 is 9.88 Å². The molecule has 0 radical (unpaired) electrons. The summed E-state index contributed by atoms with van der Waals surface area (Å²) in [6.07, 6.45) is 2.53. The first-order chi connectivity index (χ1) is 12.0. The van der Waals surface area contributed by atoms with E-state index < -0.39 is 0 Å². The number of benzene rings is 2. The van der Waals surface area contributed by atoms with Crippen LogP contribution in [0.3, 0.4) is 0 Å². The fraction of sp³-hybridized carbons (Fsp3) is 0.158. The second-order valence-electron chi connectivity index (χ2n) is 6.10. The Morgan fingerprint density at radius 1 is 1.16 bits per heavy atom. The Morgan fingerprint density at radius 2 is 1.92 bits per heavy atom. The summed E-state index contributed by atoms with van der Waals surface area (Å²) >= 11 is 3.47. The van der Waals surface area contributed by atoms with Gasteiger partial charge in [-0.2, -0.15) is 0 Å². The number of aromatic nitrogens is 2. The number of aryl methyl sites for hydroxylation is 1. The Balaban J connectivity index is 1.64. The molecular weight excluding hydrogens is 382 g/mol. The Hall–Kier alpha value is -2.60. The van der Waals surface area contributed by atoms with E-state index in [2.05, 4.69) is 27.0 Å². The molecule has 0 fully saturated rings. The zero-order valence-corrected chi connectivity index (χ0v) is 15.2. The third-order valence-corrected chi connectivity index (χ3v) is 5.01. The summed E-state index contributed by atoms with van der Waals surface area (Å²) in [6.45, 7) is 2.54. The van der Waals surface area contributed by atoms with Crippen molar-refractivity contribution in [1.82, 2.24) is 9.55 Å². The normalized spacial score (nSPS) is 13.1. The van der Waals surface area contributed by atoms with Crippen LogP contribution in [0.4, 0.5) is 5.69 Å². The average molecular weight is 398 g/mol. The molecule has 0 aliphatic carbocycles. The van der Waals surface area contributed by atoms with Gasteiger partial charge in [0.2, 0.25) is 0 Å². The quantitative estimate of drug-likeness (QED) is 0.719. The summed E-state index contributed by atoms with van der Waals surface area (Å²) in [6, 6.07) is 13.1. The van der Waals surface area contributed by atoms with Crippen molar-refractivity contribution in [3.05, 3.63) is 80.4 Å². The zero-order valence-electron chi connectivity index (χ0n) is 13.6. The van der Waals surface area contributed by atoms with Crippen LogP contribution in [0.15, 0.2) is 57.9 Å². The van der Waals surface area contributed by atoms with Gasteiger partial charge >= 0.3 is 5.69 Å². The Kier molecular flexibility index (Phi) is 3.84. The van der Waals surface area contributed by atoms with Crippen LogP contribution in [-0.4, -0.2) is 22.0 Å². The van der Waals surface area contributed by atoms with Crippen molar-refractivity contribution in [3.63, 3.8) is 0 Å². The molecule has 1 amide bonds. The minimum atomic E-state index is -0.185. The van der Waals surface area contributed by atoms with Gasteiger partial charge in [0.25, 0.3) is 5.91 Å². The van der Waals surface area contributed by atoms with Crippen LogP contribution in [0.5, 0.6) is 0 Å². The van der Waals surface area contributed by atoms with E-state index in [4.69, 9.17) is 0 Å². The maximum absolute atomic E-state index is 12.9. The average Bonchev–Trinajstić information content (AvgIpc) is 3.17. The first-order valence-corrected chi connectivity index (χ1v) is 8.81. The van der Waals surface area contributed by atoms with Crippen LogP contribution in [-0.2, 0) is 6.42 Å². The number of H-pyrrole nitrogens is 1. The van der Waals surface area contributed by atoms with Crippen LogP contribution in [0.2, 0.25) is 0 Å². The molecule has 25 heavy (non-hydrogen) atoms. The van der Waals surface area contributed by atoms with E-state index in [1.165, 1.54) is 5.56 Å². The van der Waals surface area contributed by atoms with Gasteiger partial charge in [0.05, 0.1) is 5.69 Å². The van der Waals surface area contributed by atoms with Crippen molar-refractivity contribution >= 4 is 27.5 Å². The lowest BCUT2D eigenvalue weighted by atomic mass is 10.1. The van der Waals surface area contributed by atoms with Crippen molar-refractivity contribution in [1.29, 1.82) is 0 Å². The van der Waals surface area contributed by atoms with Gasteiger partial charge in [-0.25, -0.2) is 4.79 Å². The van der Waals surface area contributed by atoms with Gasteiger partial charge in [0.1, 0.15) is 0 Å². The molecule has 0 bridgehead atoms. The highest BCUT2D eigenvalue weighted by molar-refractivity contribution is 9.10. The largest absolute Gasteiger partial charge is 0.330 e. The van der Waals surface area contributed by atoms with Gasteiger partial charge in [-0.3, -0.25) is 9.36 Å². The summed E-state index contributed by atoms with van der Waals surface area (Å²) in [5, 5.41) is 0. The number of hydrogen-bond donors (Lipinski definition) is 1. The number of fused-ring (bicyclic) bond motifs is 1. The first kappa shape index (κ1) is 15.9. The number of nitrogens with zero attached hydrogens (tertiary/aromatic N) is 2. The van der Waals surface area contributed by atoms with Gasteiger partial charge in [0.15, 0.2) is 0 Å². The number of halogens is 1. The molecule has 0 spiro atoms. The van der Waals surface area contributed by atoms with E-state index >= 15 is 0 Å². The van der Waals surface area contributed by atoms with Crippen molar-refractivity contribution in [3.8, 4) is 5.69 Å². The molecule has 0 saturated carbocycles. The third kappa shape index (κ3) is 2.72. The number of nitrogens with one attached hydrogen (secondary N) is 1. The van der Waals surface area contributed by atoms with Crippen molar-refractivity contribution in [2.24, 2.45) is 0 Å². The monoisotopic (exact) mass is 397 g/mol. The van der Waals surface area contributed by atoms with Crippen LogP contribution in [0, 0.1) is 6.92 Å². The number of amides is 1. The molecule has 4 rings (SSSR count). The van der Waals surface area contributed by atoms with E-state index in [9.17, 15) is 9.59 Å². The second-order valence-corrected chi connectivity index (χ2v) is 7.01. The maximum atomic E-state index is 12.9. The van der Waals surface area contributed by atoms with Crippen molar-refractivity contribution in [2.45, 2.75) is 13.3 Å².